The number of nitrogens with zero attached hydrogens (tertiary/aromatic N) is 2. The van der Waals surface area contributed by atoms with Crippen molar-refractivity contribution in [3.05, 3.63) is 24.3 Å². The quantitative estimate of drug-likeness (QED) is 0.365. The summed E-state index contributed by atoms with van der Waals surface area (Å²) in [6.07, 6.45) is 3.99. The third-order valence-electron chi connectivity index (χ3n) is 1.46. The van der Waals surface area contributed by atoms with Crippen molar-refractivity contribution in [1.29, 1.82) is 5.41 Å². The van der Waals surface area contributed by atoms with Gasteiger partial charge >= 0.3 is 5.97 Å². The molecule has 0 aliphatic carbocycles. The number of aromatic nitrogens is 2. The molecular weight excluding hydrogens is 186 g/mol. The maximum Gasteiger partial charge on any atom is 0.331 e. The van der Waals surface area contributed by atoms with E-state index in [1.165, 1.54) is 18.7 Å². The maximum atomic E-state index is 10.8. The SMILES string of the molecule is N=C(N)NC(C(=O)O)c1cncnc1. The summed E-state index contributed by atoms with van der Waals surface area (Å²) in [7, 11) is 0. The first-order chi connectivity index (χ1) is 6.61. The van der Waals surface area contributed by atoms with Crippen molar-refractivity contribution >= 4 is 11.9 Å². The number of hydrogen-bond donors (Lipinski definition) is 4. The van der Waals surface area contributed by atoms with Crippen molar-refractivity contribution < 1.29 is 9.90 Å². The molecule has 1 heterocycles. The lowest BCUT2D eigenvalue weighted by Crippen LogP contribution is -2.38. The van der Waals surface area contributed by atoms with E-state index in [9.17, 15) is 4.79 Å². The number of nitrogens with one attached hydrogen (secondary N) is 2. The number of carbonyl (C=O) groups is 1. The summed E-state index contributed by atoms with van der Waals surface area (Å²) in [6, 6.07) is -1.09. The fourth-order valence-corrected chi connectivity index (χ4v) is 0.903. The maximum absolute atomic E-state index is 10.8. The molecule has 7 nitrogen and oxygen atoms in total. The minimum absolute atomic E-state index is 0.343. The molecular formula is C7H9N5O2. The van der Waals surface area contributed by atoms with Crippen LogP contribution >= 0.6 is 0 Å². The molecule has 0 bridgehead atoms. The molecule has 0 aliphatic heterocycles. The normalized spacial score (nSPS) is 11.7. The Kier molecular flexibility index (Phi) is 2.95. The number of aliphatic carboxylic acids is 1. The zero-order valence-electron chi connectivity index (χ0n) is 7.14. The van der Waals surface area contributed by atoms with Crippen molar-refractivity contribution in [3.63, 3.8) is 0 Å². The molecule has 5 N–H and O–H groups in total. The number of rotatable bonds is 3. The molecule has 1 aromatic rings. The Morgan fingerprint density at radius 3 is 2.57 bits per heavy atom. The first kappa shape index (κ1) is 9.90. The van der Waals surface area contributed by atoms with Crippen molar-refractivity contribution in [2.75, 3.05) is 0 Å². The molecule has 1 rings (SSSR count). The van der Waals surface area contributed by atoms with Gasteiger partial charge in [-0.15, -0.1) is 0 Å². The number of hydrogen-bond acceptors (Lipinski definition) is 4. The Balaban J connectivity index is 2.89. The summed E-state index contributed by atoms with van der Waals surface area (Å²) in [5, 5.41) is 18.0. The van der Waals surface area contributed by atoms with Gasteiger partial charge in [0.1, 0.15) is 6.33 Å². The summed E-state index contributed by atoms with van der Waals surface area (Å²) in [5.41, 5.74) is 5.38. The molecule has 14 heavy (non-hydrogen) atoms. The average Bonchev–Trinajstić information content (AvgIpc) is 2.15. The van der Waals surface area contributed by atoms with E-state index in [1.807, 2.05) is 0 Å². The zero-order chi connectivity index (χ0) is 10.6. The van der Waals surface area contributed by atoms with Crippen LogP contribution in [0.5, 0.6) is 0 Å². The van der Waals surface area contributed by atoms with Crippen LogP contribution in [0.1, 0.15) is 11.6 Å². The fraction of sp³-hybridized carbons (Fsp3) is 0.143. The summed E-state index contributed by atoms with van der Waals surface area (Å²) >= 11 is 0. The van der Waals surface area contributed by atoms with Crippen LogP contribution in [0, 0.1) is 5.41 Å². The van der Waals surface area contributed by atoms with Gasteiger partial charge in [-0.05, 0) is 0 Å². The van der Waals surface area contributed by atoms with Crippen LogP contribution in [0.3, 0.4) is 0 Å². The minimum atomic E-state index is -1.14. The molecule has 1 atom stereocenters. The van der Waals surface area contributed by atoms with E-state index in [0.717, 1.165) is 0 Å². The molecule has 0 aromatic carbocycles. The molecule has 7 heteroatoms. The van der Waals surface area contributed by atoms with E-state index in [1.54, 1.807) is 0 Å². The molecule has 0 radical (unpaired) electrons. The van der Waals surface area contributed by atoms with Gasteiger partial charge in [0.05, 0.1) is 0 Å². The van der Waals surface area contributed by atoms with Gasteiger partial charge < -0.3 is 16.2 Å². The van der Waals surface area contributed by atoms with Gasteiger partial charge in [0.2, 0.25) is 0 Å². The molecule has 0 aliphatic rings. The highest BCUT2D eigenvalue weighted by Gasteiger charge is 2.20. The van der Waals surface area contributed by atoms with Crippen molar-refractivity contribution in [2.24, 2.45) is 5.73 Å². The van der Waals surface area contributed by atoms with Crippen LogP contribution in [0.2, 0.25) is 0 Å². The van der Waals surface area contributed by atoms with Crippen LogP contribution in [0.25, 0.3) is 0 Å². The predicted octanol–water partition coefficient (Wildman–Crippen LogP) is -0.915. The van der Waals surface area contributed by atoms with E-state index in [4.69, 9.17) is 16.2 Å². The van der Waals surface area contributed by atoms with Crippen LogP contribution in [0.4, 0.5) is 0 Å². The van der Waals surface area contributed by atoms with Crippen LogP contribution in [-0.2, 0) is 4.79 Å². The van der Waals surface area contributed by atoms with Gasteiger partial charge in [0.15, 0.2) is 12.0 Å². The Morgan fingerprint density at radius 2 is 2.14 bits per heavy atom. The van der Waals surface area contributed by atoms with Gasteiger partial charge in [0, 0.05) is 18.0 Å². The molecule has 1 unspecified atom stereocenters. The second-order valence-corrected chi connectivity index (χ2v) is 2.50. The molecule has 1 aromatic heterocycles. The summed E-state index contributed by atoms with van der Waals surface area (Å²) in [4.78, 5) is 18.1. The van der Waals surface area contributed by atoms with E-state index in [-0.39, 0.29) is 0 Å². The first-order valence-corrected chi connectivity index (χ1v) is 3.69. The molecule has 0 spiro atoms. The lowest BCUT2D eigenvalue weighted by atomic mass is 10.1. The third-order valence-corrected chi connectivity index (χ3v) is 1.46. The largest absolute Gasteiger partial charge is 0.479 e. The van der Waals surface area contributed by atoms with E-state index in [0.29, 0.717) is 5.56 Å². The number of carboxylic acid groups (broad SMARTS) is 1. The molecule has 0 saturated heterocycles. The second-order valence-electron chi connectivity index (χ2n) is 2.50. The first-order valence-electron chi connectivity index (χ1n) is 3.69. The van der Waals surface area contributed by atoms with Crippen LogP contribution in [0.15, 0.2) is 18.7 Å². The number of nitrogens with two attached hydrogens (primary N) is 1. The highest BCUT2D eigenvalue weighted by molar-refractivity contribution is 5.83. The van der Waals surface area contributed by atoms with Crippen molar-refractivity contribution in [2.45, 2.75) is 6.04 Å². The predicted molar refractivity (Wildman–Crippen MR) is 47.5 cm³/mol. The molecule has 0 amide bonds. The molecule has 0 fully saturated rings. The highest BCUT2D eigenvalue weighted by atomic mass is 16.4. The summed E-state index contributed by atoms with van der Waals surface area (Å²) in [5.74, 6) is -1.56. The Bertz CT molecular complexity index is 339. The zero-order valence-corrected chi connectivity index (χ0v) is 7.14. The van der Waals surface area contributed by atoms with Gasteiger partial charge in [0.25, 0.3) is 0 Å². The van der Waals surface area contributed by atoms with E-state index < -0.39 is 18.0 Å². The average molecular weight is 195 g/mol. The van der Waals surface area contributed by atoms with Crippen molar-refractivity contribution in [3.8, 4) is 0 Å². The van der Waals surface area contributed by atoms with Gasteiger partial charge in [-0.1, -0.05) is 0 Å². The Labute approximate surface area is 79.5 Å². The minimum Gasteiger partial charge on any atom is -0.479 e. The van der Waals surface area contributed by atoms with Gasteiger partial charge in [-0.3, -0.25) is 5.41 Å². The lowest BCUT2D eigenvalue weighted by molar-refractivity contribution is -0.139. The van der Waals surface area contributed by atoms with Crippen molar-refractivity contribution in [1.82, 2.24) is 15.3 Å². The molecule has 0 saturated carbocycles. The van der Waals surface area contributed by atoms with Crippen LogP contribution < -0.4 is 11.1 Å². The second kappa shape index (κ2) is 4.17. The van der Waals surface area contributed by atoms with E-state index >= 15 is 0 Å². The van der Waals surface area contributed by atoms with Crippen LogP contribution in [-0.4, -0.2) is 27.0 Å². The monoisotopic (exact) mass is 195 g/mol. The topological polar surface area (TPSA) is 125 Å². The van der Waals surface area contributed by atoms with Gasteiger partial charge in [-0.25, -0.2) is 14.8 Å². The lowest BCUT2D eigenvalue weighted by Gasteiger charge is -2.13. The molecule has 74 valence electrons. The smallest absolute Gasteiger partial charge is 0.331 e. The number of carboxylic acids is 1. The highest BCUT2D eigenvalue weighted by Crippen LogP contribution is 2.09. The summed E-state index contributed by atoms with van der Waals surface area (Å²) in [6.45, 7) is 0. The Hall–Kier alpha value is -2.18. The third kappa shape index (κ3) is 2.41. The fourth-order valence-electron chi connectivity index (χ4n) is 0.903. The number of guanidine groups is 1. The van der Waals surface area contributed by atoms with E-state index in [2.05, 4.69) is 15.3 Å². The Morgan fingerprint density at radius 1 is 1.57 bits per heavy atom. The standard InChI is InChI=1S/C7H9N5O2/c8-7(9)12-5(6(13)14)4-1-10-3-11-2-4/h1-3,5H,(H,13,14)(H4,8,9,12). The van der Waals surface area contributed by atoms with Gasteiger partial charge in [-0.2, -0.15) is 0 Å². The summed E-state index contributed by atoms with van der Waals surface area (Å²) < 4.78 is 0.